The van der Waals surface area contributed by atoms with Gasteiger partial charge in [0.25, 0.3) is 0 Å². The first-order chi connectivity index (χ1) is 9.24. The molecular formula is C12H7N3O3S. The van der Waals surface area contributed by atoms with Crippen LogP contribution in [0.4, 0.5) is 0 Å². The highest BCUT2D eigenvalue weighted by Gasteiger charge is 2.13. The fourth-order valence-electron chi connectivity index (χ4n) is 1.50. The number of aromatic nitrogens is 3. The number of hydrogen-bond acceptors (Lipinski definition) is 6. The van der Waals surface area contributed by atoms with Gasteiger partial charge in [0.15, 0.2) is 5.76 Å². The number of carboxylic acids is 1. The second-order valence-electron chi connectivity index (χ2n) is 3.64. The molecule has 0 aliphatic rings. The number of carboxylic acid groups (broad SMARTS) is 1. The van der Waals surface area contributed by atoms with Crippen molar-refractivity contribution in [1.82, 2.24) is 15.0 Å². The molecule has 19 heavy (non-hydrogen) atoms. The van der Waals surface area contributed by atoms with Gasteiger partial charge in [-0.3, -0.25) is 0 Å². The molecule has 0 bridgehead atoms. The van der Waals surface area contributed by atoms with E-state index in [0.29, 0.717) is 11.5 Å². The molecule has 0 aromatic carbocycles. The van der Waals surface area contributed by atoms with E-state index in [4.69, 9.17) is 9.52 Å². The van der Waals surface area contributed by atoms with E-state index in [9.17, 15) is 4.79 Å². The Kier molecular flexibility index (Phi) is 2.81. The Morgan fingerprint density at radius 2 is 2.26 bits per heavy atom. The summed E-state index contributed by atoms with van der Waals surface area (Å²) >= 11 is 1.41. The molecule has 7 heteroatoms. The first-order valence-electron chi connectivity index (χ1n) is 5.28. The van der Waals surface area contributed by atoms with Crippen LogP contribution in [0.5, 0.6) is 0 Å². The van der Waals surface area contributed by atoms with Crippen molar-refractivity contribution in [3.05, 3.63) is 41.9 Å². The van der Waals surface area contributed by atoms with Gasteiger partial charge in [0, 0.05) is 17.6 Å². The molecule has 3 aromatic heterocycles. The lowest BCUT2D eigenvalue weighted by atomic mass is 10.3. The normalized spacial score (nSPS) is 10.5. The third-order valence-corrected chi connectivity index (χ3v) is 3.27. The highest BCUT2D eigenvalue weighted by Crippen LogP contribution is 2.28. The van der Waals surface area contributed by atoms with Crippen LogP contribution < -0.4 is 0 Å². The van der Waals surface area contributed by atoms with Gasteiger partial charge in [-0.15, -0.1) is 11.3 Å². The number of hydrogen-bond donors (Lipinski definition) is 1. The highest BCUT2D eigenvalue weighted by molar-refractivity contribution is 7.13. The van der Waals surface area contributed by atoms with Crippen molar-refractivity contribution in [3.8, 4) is 22.2 Å². The molecule has 0 saturated carbocycles. The zero-order valence-corrected chi connectivity index (χ0v) is 10.3. The second-order valence-corrected chi connectivity index (χ2v) is 4.50. The van der Waals surface area contributed by atoms with Gasteiger partial charge in [-0.25, -0.2) is 19.7 Å². The maximum atomic E-state index is 10.8. The van der Waals surface area contributed by atoms with Gasteiger partial charge >= 0.3 is 5.97 Å². The van der Waals surface area contributed by atoms with Gasteiger partial charge in [-0.05, 0) is 6.07 Å². The molecule has 0 fully saturated rings. The molecule has 0 atom stereocenters. The summed E-state index contributed by atoms with van der Waals surface area (Å²) in [5.74, 6) is -0.602. The average Bonchev–Trinajstić information content (AvgIpc) is 3.09. The Labute approximate surface area is 111 Å². The van der Waals surface area contributed by atoms with Crippen molar-refractivity contribution >= 4 is 17.3 Å². The molecule has 0 amide bonds. The van der Waals surface area contributed by atoms with E-state index >= 15 is 0 Å². The lowest BCUT2D eigenvalue weighted by Gasteiger charge is -1.92. The van der Waals surface area contributed by atoms with Crippen molar-refractivity contribution < 1.29 is 14.3 Å². The third-order valence-electron chi connectivity index (χ3n) is 2.40. The number of rotatable bonds is 3. The Bertz CT molecular complexity index is 721. The number of thiazole rings is 1. The zero-order valence-electron chi connectivity index (χ0n) is 9.48. The predicted octanol–water partition coefficient (Wildman–Crippen LogP) is 2.56. The van der Waals surface area contributed by atoms with E-state index in [-0.39, 0.29) is 5.56 Å². The minimum Gasteiger partial charge on any atom is -0.478 e. The first kappa shape index (κ1) is 11.5. The summed E-state index contributed by atoms with van der Waals surface area (Å²) in [6.07, 6.45) is 4.28. The number of aromatic carboxylic acids is 1. The fraction of sp³-hybridized carbons (Fsp3) is 0. The number of nitrogens with zero attached hydrogens (tertiary/aromatic N) is 3. The van der Waals surface area contributed by atoms with Crippen LogP contribution in [0.2, 0.25) is 0 Å². The minimum atomic E-state index is -1.03. The standard InChI is InChI=1S/C12H7N3O3S/c16-12(17)7-3-10(18-4-7)9-5-19-11(15-9)8-1-2-13-6-14-8/h1-6H,(H,16,17). The third kappa shape index (κ3) is 2.23. The monoisotopic (exact) mass is 273 g/mol. The summed E-state index contributed by atoms with van der Waals surface area (Å²) in [7, 11) is 0. The van der Waals surface area contributed by atoms with Crippen LogP contribution in [0.1, 0.15) is 10.4 Å². The van der Waals surface area contributed by atoms with Crippen LogP contribution in [0.3, 0.4) is 0 Å². The van der Waals surface area contributed by atoms with Crippen LogP contribution in [0.25, 0.3) is 22.2 Å². The summed E-state index contributed by atoms with van der Waals surface area (Å²) in [5, 5.41) is 11.4. The number of furan rings is 1. The molecular weight excluding hydrogens is 266 g/mol. The van der Waals surface area contributed by atoms with E-state index < -0.39 is 5.97 Å². The van der Waals surface area contributed by atoms with Gasteiger partial charge < -0.3 is 9.52 Å². The topological polar surface area (TPSA) is 89.1 Å². The maximum absolute atomic E-state index is 10.8. The molecule has 3 aromatic rings. The number of carbonyl (C=O) groups is 1. The molecule has 3 rings (SSSR count). The van der Waals surface area contributed by atoms with E-state index in [0.717, 1.165) is 10.7 Å². The molecule has 1 N–H and O–H groups in total. The zero-order chi connectivity index (χ0) is 13.2. The van der Waals surface area contributed by atoms with Crippen molar-refractivity contribution in [2.45, 2.75) is 0 Å². The second kappa shape index (κ2) is 4.62. The smallest absolute Gasteiger partial charge is 0.338 e. The molecule has 6 nitrogen and oxygen atoms in total. The Morgan fingerprint density at radius 1 is 1.37 bits per heavy atom. The van der Waals surface area contributed by atoms with Crippen LogP contribution in [0.15, 0.2) is 40.7 Å². The lowest BCUT2D eigenvalue weighted by molar-refractivity contribution is 0.0696. The quantitative estimate of drug-likeness (QED) is 0.788. The van der Waals surface area contributed by atoms with Crippen LogP contribution in [-0.2, 0) is 0 Å². The molecule has 0 aliphatic carbocycles. The van der Waals surface area contributed by atoms with E-state index in [1.165, 1.54) is 30.0 Å². The van der Waals surface area contributed by atoms with Crippen molar-refractivity contribution in [2.24, 2.45) is 0 Å². The average molecular weight is 273 g/mol. The van der Waals surface area contributed by atoms with Crippen LogP contribution in [0, 0.1) is 0 Å². The van der Waals surface area contributed by atoms with E-state index in [2.05, 4.69) is 15.0 Å². The predicted molar refractivity (Wildman–Crippen MR) is 67.8 cm³/mol. The van der Waals surface area contributed by atoms with Crippen LogP contribution >= 0.6 is 11.3 Å². The molecule has 94 valence electrons. The first-order valence-corrected chi connectivity index (χ1v) is 6.16. The lowest BCUT2D eigenvalue weighted by Crippen LogP contribution is -1.91. The van der Waals surface area contributed by atoms with Crippen molar-refractivity contribution in [1.29, 1.82) is 0 Å². The summed E-state index contributed by atoms with van der Waals surface area (Å²) < 4.78 is 5.19. The Morgan fingerprint density at radius 3 is 2.95 bits per heavy atom. The minimum absolute atomic E-state index is 0.103. The Balaban J connectivity index is 1.94. The largest absolute Gasteiger partial charge is 0.478 e. The molecule has 0 spiro atoms. The summed E-state index contributed by atoms with van der Waals surface area (Å²) in [5.41, 5.74) is 1.41. The van der Waals surface area contributed by atoms with Gasteiger partial charge in [-0.1, -0.05) is 0 Å². The van der Waals surface area contributed by atoms with Gasteiger partial charge in [0.2, 0.25) is 0 Å². The summed E-state index contributed by atoms with van der Waals surface area (Å²) in [6, 6.07) is 3.20. The summed E-state index contributed by atoms with van der Waals surface area (Å²) in [4.78, 5) is 23.1. The van der Waals surface area contributed by atoms with Gasteiger partial charge in [0.1, 0.15) is 29.0 Å². The maximum Gasteiger partial charge on any atom is 0.338 e. The fourth-order valence-corrected chi connectivity index (χ4v) is 2.29. The van der Waals surface area contributed by atoms with Crippen molar-refractivity contribution in [2.75, 3.05) is 0 Å². The Hall–Kier alpha value is -2.54. The summed E-state index contributed by atoms with van der Waals surface area (Å²) in [6.45, 7) is 0. The molecule has 0 unspecified atom stereocenters. The molecule has 3 heterocycles. The molecule has 0 saturated heterocycles. The van der Waals surface area contributed by atoms with Gasteiger partial charge in [0.05, 0.1) is 5.56 Å². The molecule has 0 aliphatic heterocycles. The molecule has 0 radical (unpaired) electrons. The SMILES string of the molecule is O=C(O)c1coc(-c2csc(-c3ccncn3)n2)c1. The van der Waals surface area contributed by atoms with E-state index in [1.807, 2.05) is 0 Å². The van der Waals surface area contributed by atoms with Crippen molar-refractivity contribution in [3.63, 3.8) is 0 Å². The van der Waals surface area contributed by atoms with Crippen LogP contribution in [-0.4, -0.2) is 26.0 Å². The van der Waals surface area contributed by atoms with Gasteiger partial charge in [-0.2, -0.15) is 0 Å². The highest BCUT2D eigenvalue weighted by atomic mass is 32.1. The van der Waals surface area contributed by atoms with E-state index in [1.54, 1.807) is 17.6 Å².